The molecule has 1 N–H and O–H groups in total. The van der Waals surface area contributed by atoms with Gasteiger partial charge < -0.3 is 5.32 Å². The Labute approximate surface area is 137 Å². The first-order valence-electron chi connectivity index (χ1n) is 7.39. The van der Waals surface area contributed by atoms with Gasteiger partial charge in [0.25, 0.3) is 0 Å². The quantitative estimate of drug-likeness (QED) is 0.801. The van der Waals surface area contributed by atoms with Crippen molar-refractivity contribution in [3.05, 3.63) is 29.8 Å². The molecule has 1 aromatic carbocycles. The van der Waals surface area contributed by atoms with Crippen molar-refractivity contribution in [3.63, 3.8) is 0 Å². The molecule has 0 aliphatic heterocycles. The zero-order valence-corrected chi connectivity index (χ0v) is 15.0. The van der Waals surface area contributed by atoms with E-state index in [2.05, 4.69) is 5.32 Å². The van der Waals surface area contributed by atoms with Crippen LogP contribution in [-0.2, 0) is 14.8 Å². The lowest BCUT2D eigenvalue weighted by Crippen LogP contribution is -2.47. The Hall–Kier alpha value is -1.73. The summed E-state index contributed by atoms with van der Waals surface area (Å²) >= 11 is 0. The number of hydrogen-bond acceptors (Lipinski definition) is 4. The average Bonchev–Trinajstić information content (AvgIpc) is 2.42. The number of nitrogens with one attached hydrogen (secondary N) is 1. The van der Waals surface area contributed by atoms with Gasteiger partial charge in [0, 0.05) is 17.6 Å². The Morgan fingerprint density at radius 2 is 1.83 bits per heavy atom. The van der Waals surface area contributed by atoms with Gasteiger partial charge in [0.1, 0.15) is 0 Å². The standard InChI is InChI=1S/C16H24N2O4S/c1-6-18(11-15(20)17-16(3,4)5)23(21,22)14-9-7-8-13(10-14)12(2)19/h7-10H,6,11H2,1-5H3,(H,17,20). The highest BCUT2D eigenvalue weighted by atomic mass is 32.2. The third-order valence-corrected chi connectivity index (χ3v) is 4.98. The van der Waals surface area contributed by atoms with Gasteiger partial charge in [-0.1, -0.05) is 19.1 Å². The van der Waals surface area contributed by atoms with E-state index in [0.29, 0.717) is 5.56 Å². The third-order valence-electron chi connectivity index (χ3n) is 3.07. The molecule has 0 fully saturated rings. The molecule has 0 bridgehead atoms. The van der Waals surface area contributed by atoms with Crippen molar-refractivity contribution < 1.29 is 18.0 Å². The van der Waals surface area contributed by atoms with Gasteiger partial charge in [0.2, 0.25) is 15.9 Å². The molecule has 0 atom stereocenters. The van der Waals surface area contributed by atoms with Crippen LogP contribution in [0.5, 0.6) is 0 Å². The number of carbonyl (C=O) groups is 2. The molecule has 0 spiro atoms. The molecule has 7 heteroatoms. The molecule has 0 unspecified atom stereocenters. The van der Waals surface area contributed by atoms with Gasteiger partial charge in [-0.15, -0.1) is 0 Å². The maximum atomic E-state index is 12.7. The minimum Gasteiger partial charge on any atom is -0.350 e. The molecule has 128 valence electrons. The van der Waals surface area contributed by atoms with Crippen LogP contribution in [-0.4, -0.2) is 43.0 Å². The molecule has 1 amide bonds. The van der Waals surface area contributed by atoms with E-state index in [1.165, 1.54) is 25.1 Å². The molecule has 23 heavy (non-hydrogen) atoms. The molecule has 1 aromatic rings. The fraction of sp³-hybridized carbons (Fsp3) is 0.500. The summed E-state index contributed by atoms with van der Waals surface area (Å²) in [6, 6.07) is 5.84. The number of hydrogen-bond donors (Lipinski definition) is 1. The van der Waals surface area contributed by atoms with Crippen molar-refractivity contribution >= 4 is 21.7 Å². The number of ketones is 1. The van der Waals surface area contributed by atoms with Crippen molar-refractivity contribution in [1.29, 1.82) is 0 Å². The normalized spacial score (nSPS) is 12.3. The summed E-state index contributed by atoms with van der Waals surface area (Å²) in [6.45, 7) is 8.41. The van der Waals surface area contributed by atoms with Gasteiger partial charge in [-0.3, -0.25) is 9.59 Å². The fourth-order valence-electron chi connectivity index (χ4n) is 2.01. The van der Waals surface area contributed by atoms with E-state index in [1.807, 2.05) is 20.8 Å². The van der Waals surface area contributed by atoms with Crippen LogP contribution >= 0.6 is 0 Å². The first kappa shape index (κ1) is 19.3. The number of sulfonamides is 1. The van der Waals surface area contributed by atoms with Crippen molar-refractivity contribution in [3.8, 4) is 0 Å². The smallest absolute Gasteiger partial charge is 0.243 e. The van der Waals surface area contributed by atoms with Crippen LogP contribution in [0.15, 0.2) is 29.2 Å². The van der Waals surface area contributed by atoms with Gasteiger partial charge in [-0.05, 0) is 39.8 Å². The summed E-state index contributed by atoms with van der Waals surface area (Å²) in [5.41, 5.74) is -0.115. The number of nitrogens with zero attached hydrogens (tertiary/aromatic N) is 1. The second-order valence-electron chi connectivity index (χ2n) is 6.31. The van der Waals surface area contributed by atoms with Gasteiger partial charge >= 0.3 is 0 Å². The lowest BCUT2D eigenvalue weighted by atomic mass is 10.1. The molecule has 0 heterocycles. The Balaban J connectivity index is 3.06. The van der Waals surface area contributed by atoms with Crippen molar-refractivity contribution in [1.82, 2.24) is 9.62 Å². The molecular formula is C16H24N2O4S. The number of Topliss-reactive ketones (excluding diaryl/α,β-unsaturated/α-hetero) is 1. The first-order valence-corrected chi connectivity index (χ1v) is 8.83. The number of amides is 1. The average molecular weight is 340 g/mol. The predicted octanol–water partition coefficient (Wildman–Crippen LogP) is 1.81. The molecule has 0 saturated heterocycles. The SMILES string of the molecule is CCN(CC(=O)NC(C)(C)C)S(=O)(=O)c1cccc(C(C)=O)c1. The van der Waals surface area contributed by atoms with E-state index in [4.69, 9.17) is 0 Å². The zero-order valence-electron chi connectivity index (χ0n) is 14.2. The summed E-state index contributed by atoms with van der Waals surface area (Å²) in [7, 11) is -3.84. The van der Waals surface area contributed by atoms with Crippen molar-refractivity contribution in [2.24, 2.45) is 0 Å². The summed E-state index contributed by atoms with van der Waals surface area (Å²) in [5, 5.41) is 2.74. The van der Waals surface area contributed by atoms with E-state index < -0.39 is 15.6 Å². The Morgan fingerprint density at radius 1 is 1.22 bits per heavy atom. The van der Waals surface area contributed by atoms with Gasteiger partial charge in [-0.25, -0.2) is 8.42 Å². The summed E-state index contributed by atoms with van der Waals surface area (Å²) in [6.07, 6.45) is 0. The van der Waals surface area contributed by atoms with Gasteiger partial charge in [0.15, 0.2) is 5.78 Å². The van der Waals surface area contributed by atoms with Crippen LogP contribution in [0.3, 0.4) is 0 Å². The molecular weight excluding hydrogens is 316 g/mol. The molecule has 1 rings (SSSR count). The van der Waals surface area contributed by atoms with Crippen LogP contribution in [0.2, 0.25) is 0 Å². The highest BCUT2D eigenvalue weighted by molar-refractivity contribution is 7.89. The summed E-state index contributed by atoms with van der Waals surface area (Å²) < 4.78 is 26.4. The van der Waals surface area contributed by atoms with E-state index in [-0.39, 0.29) is 29.7 Å². The molecule has 6 nitrogen and oxygen atoms in total. The molecule has 0 aliphatic rings. The topological polar surface area (TPSA) is 83.6 Å². The maximum absolute atomic E-state index is 12.7. The Kier molecular flexibility index (Phi) is 6.07. The van der Waals surface area contributed by atoms with Crippen LogP contribution in [0.25, 0.3) is 0 Å². The lowest BCUT2D eigenvalue weighted by molar-refractivity contribution is -0.122. The maximum Gasteiger partial charge on any atom is 0.243 e. The van der Waals surface area contributed by atoms with E-state index in [1.54, 1.807) is 13.0 Å². The van der Waals surface area contributed by atoms with E-state index in [0.717, 1.165) is 4.31 Å². The fourth-order valence-corrected chi connectivity index (χ4v) is 3.46. The molecule has 0 radical (unpaired) electrons. The van der Waals surface area contributed by atoms with E-state index >= 15 is 0 Å². The van der Waals surface area contributed by atoms with Crippen LogP contribution in [0.4, 0.5) is 0 Å². The highest BCUT2D eigenvalue weighted by Crippen LogP contribution is 2.17. The monoisotopic (exact) mass is 340 g/mol. The van der Waals surface area contributed by atoms with Gasteiger partial charge in [-0.2, -0.15) is 4.31 Å². The van der Waals surface area contributed by atoms with E-state index in [9.17, 15) is 18.0 Å². The predicted molar refractivity (Wildman–Crippen MR) is 88.8 cm³/mol. The van der Waals surface area contributed by atoms with Crippen LogP contribution < -0.4 is 5.32 Å². The molecule has 0 saturated carbocycles. The summed E-state index contributed by atoms with van der Waals surface area (Å²) in [4.78, 5) is 23.4. The highest BCUT2D eigenvalue weighted by Gasteiger charge is 2.27. The molecule has 0 aliphatic carbocycles. The number of rotatable bonds is 6. The first-order chi connectivity index (χ1) is 10.5. The second-order valence-corrected chi connectivity index (χ2v) is 8.25. The third kappa shape index (κ3) is 5.44. The largest absolute Gasteiger partial charge is 0.350 e. The minimum atomic E-state index is -3.84. The number of carbonyl (C=O) groups excluding carboxylic acids is 2. The summed E-state index contributed by atoms with van der Waals surface area (Å²) in [5.74, 6) is -0.582. The van der Waals surface area contributed by atoms with Crippen molar-refractivity contribution in [2.75, 3.05) is 13.1 Å². The lowest BCUT2D eigenvalue weighted by Gasteiger charge is -2.24. The Morgan fingerprint density at radius 3 is 2.30 bits per heavy atom. The molecule has 0 aromatic heterocycles. The zero-order chi connectivity index (χ0) is 17.8. The second kappa shape index (κ2) is 7.23. The number of likely N-dealkylation sites (N-methyl/N-ethyl adjacent to an activating group) is 1. The van der Waals surface area contributed by atoms with Gasteiger partial charge in [0.05, 0.1) is 11.4 Å². The van der Waals surface area contributed by atoms with Crippen molar-refractivity contribution in [2.45, 2.75) is 45.1 Å². The van der Waals surface area contributed by atoms with Crippen LogP contribution in [0.1, 0.15) is 45.0 Å². The number of benzene rings is 1. The minimum absolute atomic E-state index is 0.00982. The van der Waals surface area contributed by atoms with Crippen LogP contribution in [0, 0.1) is 0 Å². The Bertz CT molecular complexity index is 690.